The summed E-state index contributed by atoms with van der Waals surface area (Å²) < 4.78 is 56.8. The van der Waals surface area contributed by atoms with Crippen molar-refractivity contribution in [2.45, 2.75) is 83.4 Å². The second-order valence-corrected chi connectivity index (χ2v) is 12.6. The number of thiazole rings is 1. The normalized spacial score (nSPS) is 19.5. The molecule has 0 bridgehead atoms. The zero-order valence-corrected chi connectivity index (χ0v) is 23.3. The first-order valence-corrected chi connectivity index (χ1v) is 13.6. The van der Waals surface area contributed by atoms with E-state index in [9.17, 15) is 32.3 Å². The van der Waals surface area contributed by atoms with Gasteiger partial charge in [-0.1, -0.05) is 0 Å². The van der Waals surface area contributed by atoms with Crippen LogP contribution in [0.3, 0.4) is 0 Å². The molecule has 0 spiro atoms. The molecule has 2 aromatic heterocycles. The molecular weight excluding hydrogens is 538 g/mol. The number of hydrogen-bond acceptors (Lipinski definition) is 7. The first-order chi connectivity index (χ1) is 18.0. The molecule has 2 fully saturated rings. The Morgan fingerprint density at radius 3 is 2.46 bits per heavy atom. The second kappa shape index (κ2) is 10.3. The van der Waals surface area contributed by atoms with E-state index in [-0.39, 0.29) is 39.0 Å². The molecule has 0 unspecified atom stereocenters. The Morgan fingerprint density at radius 1 is 1.26 bits per heavy atom. The van der Waals surface area contributed by atoms with E-state index in [2.05, 4.69) is 20.6 Å². The number of aliphatic hydroxyl groups is 1. The zero-order chi connectivity index (χ0) is 28.9. The van der Waals surface area contributed by atoms with Gasteiger partial charge in [-0.3, -0.25) is 9.59 Å². The number of hydrogen-bond donors (Lipinski definition) is 3. The molecule has 2 amide bonds. The van der Waals surface area contributed by atoms with Gasteiger partial charge in [0, 0.05) is 41.9 Å². The summed E-state index contributed by atoms with van der Waals surface area (Å²) in [7, 11) is 0. The average Bonchev–Trinajstić information content (AvgIpc) is 3.53. The van der Waals surface area contributed by atoms with Crippen LogP contribution in [0.4, 0.5) is 23.4 Å². The molecule has 0 radical (unpaired) electrons. The third-order valence-electron chi connectivity index (χ3n) is 6.96. The Labute approximate surface area is 228 Å². The number of halogens is 4. The van der Waals surface area contributed by atoms with Crippen molar-refractivity contribution in [2.75, 3.05) is 18.4 Å². The summed E-state index contributed by atoms with van der Waals surface area (Å²) in [5.41, 5.74) is -2.52. The van der Waals surface area contributed by atoms with Crippen molar-refractivity contribution in [1.29, 1.82) is 0 Å². The standard InChI is InChI=1S/C26H33F4N5O3S/c1-13-9-26(29,30)12-35(13)23(37)18-19(39-22(33-18)21(36)32-11-24(2,3)38)16-10-31-17(8-15(16)20(27)28)34-25(4,5)14-6-7-14/h8,10,13-14,20,38H,6-7,9,11-12H2,1-5H3,(H,31,34)(H,32,36)/t13-/m0/s1. The SMILES string of the molecule is C[C@H]1CC(F)(F)CN1C(=O)c1nc(C(=O)NCC(C)(C)O)sc1-c1cnc(NC(C)(C)C2CC2)cc1C(F)F. The maximum absolute atomic E-state index is 14.3. The first kappa shape index (κ1) is 29.2. The van der Waals surface area contributed by atoms with Crippen molar-refractivity contribution in [2.24, 2.45) is 5.92 Å². The number of alkyl halides is 4. The largest absolute Gasteiger partial charge is 0.389 e. The number of amides is 2. The summed E-state index contributed by atoms with van der Waals surface area (Å²) in [5, 5.41) is 15.4. The molecule has 3 N–H and O–H groups in total. The molecule has 39 heavy (non-hydrogen) atoms. The Kier molecular flexibility index (Phi) is 7.71. The van der Waals surface area contributed by atoms with Gasteiger partial charge in [-0.05, 0) is 59.4 Å². The van der Waals surface area contributed by atoms with Gasteiger partial charge in [-0.25, -0.2) is 27.5 Å². The van der Waals surface area contributed by atoms with E-state index in [0.29, 0.717) is 17.3 Å². The lowest BCUT2D eigenvalue weighted by Gasteiger charge is -2.27. The number of rotatable bonds is 9. The van der Waals surface area contributed by atoms with E-state index in [1.165, 1.54) is 33.0 Å². The minimum atomic E-state index is -3.10. The molecular formula is C26H33F4N5O3S. The molecule has 214 valence electrons. The summed E-state index contributed by atoms with van der Waals surface area (Å²) in [6.07, 6.45) is -0.257. The molecule has 1 saturated heterocycles. The van der Waals surface area contributed by atoms with E-state index in [1.54, 1.807) is 0 Å². The molecule has 1 atom stereocenters. The minimum absolute atomic E-state index is 0.0633. The van der Waals surface area contributed by atoms with E-state index in [1.807, 2.05) is 13.8 Å². The molecule has 4 rings (SSSR count). The van der Waals surface area contributed by atoms with Crippen molar-refractivity contribution in [3.8, 4) is 10.4 Å². The number of aromatic nitrogens is 2. The average molecular weight is 572 g/mol. The summed E-state index contributed by atoms with van der Waals surface area (Å²) in [5.74, 6) is -4.09. The monoisotopic (exact) mass is 571 g/mol. The highest BCUT2D eigenvalue weighted by molar-refractivity contribution is 7.17. The van der Waals surface area contributed by atoms with Crippen molar-refractivity contribution < 1.29 is 32.3 Å². The number of nitrogens with one attached hydrogen (secondary N) is 2. The lowest BCUT2D eigenvalue weighted by atomic mass is 9.98. The maximum Gasteiger partial charge on any atom is 0.280 e. The highest BCUT2D eigenvalue weighted by Gasteiger charge is 2.46. The number of likely N-dealkylation sites (tertiary alicyclic amines) is 1. The quantitative estimate of drug-likeness (QED) is 0.361. The Balaban J connectivity index is 1.76. The van der Waals surface area contributed by atoms with Gasteiger partial charge in [0.2, 0.25) is 0 Å². The van der Waals surface area contributed by atoms with Crippen molar-refractivity contribution in [3.63, 3.8) is 0 Å². The number of carbonyl (C=O) groups is 2. The predicted octanol–water partition coefficient (Wildman–Crippen LogP) is 5.11. The molecule has 3 heterocycles. The smallest absolute Gasteiger partial charge is 0.280 e. The van der Waals surface area contributed by atoms with E-state index >= 15 is 0 Å². The van der Waals surface area contributed by atoms with Crippen LogP contribution in [-0.4, -0.2) is 68.0 Å². The van der Waals surface area contributed by atoms with Crippen molar-refractivity contribution in [3.05, 3.63) is 28.5 Å². The topological polar surface area (TPSA) is 107 Å². The van der Waals surface area contributed by atoms with Crippen molar-refractivity contribution in [1.82, 2.24) is 20.2 Å². The first-order valence-electron chi connectivity index (χ1n) is 12.7. The fraction of sp³-hybridized carbons (Fsp3) is 0.615. The van der Waals surface area contributed by atoms with Gasteiger partial charge < -0.3 is 20.6 Å². The van der Waals surface area contributed by atoms with E-state index in [0.717, 1.165) is 17.7 Å². The molecule has 2 aromatic rings. The van der Waals surface area contributed by atoms with Crippen LogP contribution in [0.2, 0.25) is 0 Å². The summed E-state index contributed by atoms with van der Waals surface area (Å²) in [6, 6.07) is 0.386. The number of anilines is 1. The summed E-state index contributed by atoms with van der Waals surface area (Å²) >= 11 is 0.691. The molecule has 1 aliphatic heterocycles. The Hall–Kier alpha value is -2.80. The highest BCUT2D eigenvalue weighted by Crippen LogP contribution is 2.43. The van der Waals surface area contributed by atoms with Gasteiger partial charge >= 0.3 is 0 Å². The van der Waals surface area contributed by atoms with Crippen molar-refractivity contribution >= 4 is 29.0 Å². The third kappa shape index (κ3) is 6.68. The molecule has 1 aliphatic carbocycles. The molecule has 0 aromatic carbocycles. The fourth-order valence-electron chi connectivity index (χ4n) is 4.68. The molecule has 8 nitrogen and oxygen atoms in total. The molecule has 2 aliphatic rings. The Morgan fingerprint density at radius 2 is 1.92 bits per heavy atom. The zero-order valence-electron chi connectivity index (χ0n) is 22.4. The lowest BCUT2D eigenvalue weighted by molar-refractivity contribution is 0.0118. The maximum atomic E-state index is 14.3. The summed E-state index contributed by atoms with van der Waals surface area (Å²) in [4.78, 5) is 35.6. The number of nitrogens with zero attached hydrogens (tertiary/aromatic N) is 3. The van der Waals surface area contributed by atoms with Crippen LogP contribution < -0.4 is 10.6 Å². The number of carbonyl (C=O) groups excluding carboxylic acids is 2. The van der Waals surface area contributed by atoms with Crippen LogP contribution in [-0.2, 0) is 0 Å². The summed E-state index contributed by atoms with van der Waals surface area (Å²) in [6.45, 7) is 7.37. The van der Waals surface area contributed by atoms with Gasteiger partial charge in [0.25, 0.3) is 24.2 Å². The highest BCUT2D eigenvalue weighted by atomic mass is 32.1. The van der Waals surface area contributed by atoms with Crippen LogP contribution in [0.25, 0.3) is 10.4 Å². The fourth-order valence-corrected chi connectivity index (χ4v) is 5.69. The minimum Gasteiger partial charge on any atom is -0.389 e. The van der Waals surface area contributed by atoms with E-state index in [4.69, 9.17) is 0 Å². The predicted molar refractivity (Wildman–Crippen MR) is 139 cm³/mol. The Bertz CT molecular complexity index is 1260. The van der Waals surface area contributed by atoms with Gasteiger partial charge in [0.15, 0.2) is 5.01 Å². The van der Waals surface area contributed by atoms with Crippen LogP contribution in [0.1, 0.15) is 86.2 Å². The second-order valence-electron chi connectivity index (χ2n) is 11.6. The van der Waals surface area contributed by atoms with Gasteiger partial charge in [0.05, 0.1) is 17.0 Å². The van der Waals surface area contributed by atoms with Gasteiger partial charge in [-0.15, -0.1) is 11.3 Å². The van der Waals surface area contributed by atoms with E-state index < -0.39 is 54.3 Å². The van der Waals surface area contributed by atoms with Crippen LogP contribution in [0, 0.1) is 5.92 Å². The lowest BCUT2D eigenvalue weighted by Crippen LogP contribution is -2.38. The molecule has 1 saturated carbocycles. The van der Waals surface area contributed by atoms with Crippen LogP contribution >= 0.6 is 11.3 Å². The van der Waals surface area contributed by atoms with Gasteiger partial charge in [-0.2, -0.15) is 0 Å². The molecule has 13 heteroatoms. The van der Waals surface area contributed by atoms with Crippen LogP contribution in [0.5, 0.6) is 0 Å². The van der Waals surface area contributed by atoms with Gasteiger partial charge in [0.1, 0.15) is 11.5 Å². The number of pyridine rings is 1. The van der Waals surface area contributed by atoms with Crippen LogP contribution in [0.15, 0.2) is 12.3 Å². The third-order valence-corrected chi connectivity index (χ3v) is 8.05.